The standard InChI is InChI=1S/C20H17F3N4O2/c1-13-2-8-16(9-3-13)27-19(29)26-11-10-25(12-17(26)24-27)18(28)14-4-6-15(7-5-14)20(21,22)23/h2-9H,10-12H2,1H3. The van der Waals surface area contributed by atoms with Crippen LogP contribution in [-0.4, -0.2) is 31.7 Å². The highest BCUT2D eigenvalue weighted by atomic mass is 19.4. The maximum absolute atomic E-state index is 12.7. The van der Waals surface area contributed by atoms with E-state index in [1.807, 2.05) is 19.1 Å². The third-order valence-corrected chi connectivity index (χ3v) is 4.89. The minimum Gasteiger partial charge on any atom is -0.329 e. The molecular formula is C20H17F3N4O2. The molecule has 0 aliphatic carbocycles. The second kappa shape index (κ2) is 6.91. The fourth-order valence-corrected chi connectivity index (χ4v) is 3.26. The number of aromatic nitrogens is 3. The maximum atomic E-state index is 12.7. The van der Waals surface area contributed by atoms with E-state index in [0.717, 1.165) is 29.8 Å². The number of nitrogens with zero attached hydrogens (tertiary/aromatic N) is 4. The van der Waals surface area contributed by atoms with Crippen LogP contribution in [0, 0.1) is 6.92 Å². The molecule has 0 N–H and O–H groups in total. The summed E-state index contributed by atoms with van der Waals surface area (Å²) in [5.74, 6) is 0.0318. The number of halogens is 3. The molecule has 0 fully saturated rings. The number of aryl methyl sites for hydroxylation is 1. The molecule has 29 heavy (non-hydrogen) atoms. The van der Waals surface area contributed by atoms with Crippen LogP contribution in [0.1, 0.15) is 27.3 Å². The van der Waals surface area contributed by atoms with Gasteiger partial charge in [-0.3, -0.25) is 9.36 Å². The minimum absolute atomic E-state index is 0.105. The Morgan fingerprint density at radius 3 is 2.28 bits per heavy atom. The molecule has 0 spiro atoms. The quantitative estimate of drug-likeness (QED) is 0.662. The van der Waals surface area contributed by atoms with Crippen molar-refractivity contribution in [2.75, 3.05) is 6.54 Å². The summed E-state index contributed by atoms with van der Waals surface area (Å²) in [6.45, 7) is 2.59. The van der Waals surface area contributed by atoms with Gasteiger partial charge in [0.25, 0.3) is 5.91 Å². The zero-order valence-corrected chi connectivity index (χ0v) is 15.5. The summed E-state index contributed by atoms with van der Waals surface area (Å²) in [4.78, 5) is 26.8. The number of fused-ring (bicyclic) bond motifs is 1. The highest BCUT2D eigenvalue weighted by molar-refractivity contribution is 5.94. The van der Waals surface area contributed by atoms with E-state index in [1.54, 1.807) is 12.1 Å². The first-order valence-corrected chi connectivity index (χ1v) is 8.96. The number of amides is 1. The third kappa shape index (κ3) is 3.55. The molecule has 4 rings (SSSR count). The van der Waals surface area contributed by atoms with Crippen molar-refractivity contribution in [3.63, 3.8) is 0 Å². The molecule has 0 bridgehead atoms. The molecule has 0 saturated carbocycles. The monoisotopic (exact) mass is 402 g/mol. The average Bonchev–Trinajstić information content (AvgIpc) is 3.03. The second-order valence-electron chi connectivity index (χ2n) is 6.90. The Bertz CT molecular complexity index is 1110. The number of alkyl halides is 3. The van der Waals surface area contributed by atoms with E-state index in [0.29, 0.717) is 11.5 Å². The molecule has 1 aliphatic heterocycles. The van der Waals surface area contributed by atoms with Crippen molar-refractivity contribution in [1.29, 1.82) is 0 Å². The molecule has 2 heterocycles. The first-order chi connectivity index (χ1) is 13.7. The van der Waals surface area contributed by atoms with Crippen LogP contribution in [0.2, 0.25) is 0 Å². The van der Waals surface area contributed by atoms with E-state index in [1.165, 1.54) is 14.1 Å². The predicted octanol–water partition coefficient (Wildman–Crippen LogP) is 3.02. The van der Waals surface area contributed by atoms with Crippen LogP contribution >= 0.6 is 0 Å². The van der Waals surface area contributed by atoms with Crippen LogP contribution in [0.15, 0.2) is 53.3 Å². The molecule has 0 saturated heterocycles. The fraction of sp³-hybridized carbons (Fsp3) is 0.250. The topological polar surface area (TPSA) is 60.1 Å². The number of rotatable bonds is 2. The number of carbonyl (C=O) groups excluding carboxylic acids is 1. The Balaban J connectivity index is 1.57. The summed E-state index contributed by atoms with van der Waals surface area (Å²) >= 11 is 0. The largest absolute Gasteiger partial charge is 0.416 e. The molecule has 1 aromatic heterocycles. The third-order valence-electron chi connectivity index (χ3n) is 4.89. The van der Waals surface area contributed by atoms with Crippen molar-refractivity contribution >= 4 is 5.91 Å². The van der Waals surface area contributed by atoms with Crippen molar-refractivity contribution in [3.05, 3.63) is 81.5 Å². The van der Waals surface area contributed by atoms with Crippen LogP contribution in [0.3, 0.4) is 0 Å². The number of carbonyl (C=O) groups is 1. The average molecular weight is 402 g/mol. The summed E-state index contributed by atoms with van der Waals surface area (Å²) < 4.78 is 40.9. The van der Waals surface area contributed by atoms with Gasteiger partial charge < -0.3 is 4.90 Å². The summed E-state index contributed by atoms with van der Waals surface area (Å²) in [7, 11) is 0. The zero-order valence-electron chi connectivity index (χ0n) is 15.5. The molecule has 9 heteroatoms. The Morgan fingerprint density at radius 2 is 1.66 bits per heavy atom. The maximum Gasteiger partial charge on any atom is 0.416 e. The molecule has 1 amide bonds. The minimum atomic E-state index is -4.45. The van der Waals surface area contributed by atoms with Gasteiger partial charge in [-0.1, -0.05) is 17.7 Å². The second-order valence-corrected chi connectivity index (χ2v) is 6.90. The van der Waals surface area contributed by atoms with Gasteiger partial charge >= 0.3 is 11.9 Å². The lowest BCUT2D eigenvalue weighted by molar-refractivity contribution is -0.137. The molecule has 150 valence electrons. The lowest BCUT2D eigenvalue weighted by Gasteiger charge is -2.26. The van der Waals surface area contributed by atoms with E-state index in [9.17, 15) is 22.8 Å². The van der Waals surface area contributed by atoms with E-state index in [2.05, 4.69) is 5.10 Å². The van der Waals surface area contributed by atoms with Crippen molar-refractivity contribution in [1.82, 2.24) is 19.2 Å². The molecule has 0 atom stereocenters. The van der Waals surface area contributed by atoms with Crippen molar-refractivity contribution in [2.45, 2.75) is 26.2 Å². The van der Waals surface area contributed by atoms with Crippen LogP contribution in [0.25, 0.3) is 5.69 Å². The van der Waals surface area contributed by atoms with Gasteiger partial charge in [0.15, 0.2) is 5.82 Å². The van der Waals surface area contributed by atoms with E-state index >= 15 is 0 Å². The Labute approximate surface area is 163 Å². The molecule has 6 nitrogen and oxygen atoms in total. The normalized spacial score (nSPS) is 14.0. The Kier molecular flexibility index (Phi) is 4.52. The highest BCUT2D eigenvalue weighted by Gasteiger charge is 2.31. The van der Waals surface area contributed by atoms with Gasteiger partial charge in [0.2, 0.25) is 0 Å². The summed E-state index contributed by atoms with van der Waals surface area (Å²) in [5, 5.41) is 4.35. The van der Waals surface area contributed by atoms with Crippen LogP contribution < -0.4 is 5.69 Å². The van der Waals surface area contributed by atoms with E-state index < -0.39 is 17.6 Å². The SMILES string of the molecule is Cc1ccc(-n2nc3n(c2=O)CCN(C(=O)c2ccc(C(F)(F)F)cc2)C3)cc1. The van der Waals surface area contributed by atoms with Gasteiger partial charge in [0, 0.05) is 18.7 Å². The van der Waals surface area contributed by atoms with Gasteiger partial charge in [-0.05, 0) is 43.3 Å². The summed E-state index contributed by atoms with van der Waals surface area (Å²) in [6.07, 6.45) is -4.45. The zero-order chi connectivity index (χ0) is 20.8. The van der Waals surface area contributed by atoms with E-state index in [-0.39, 0.29) is 30.9 Å². The molecule has 1 aliphatic rings. The summed E-state index contributed by atoms with van der Waals surface area (Å²) in [5.41, 5.74) is 0.748. The highest BCUT2D eigenvalue weighted by Crippen LogP contribution is 2.29. The Hall–Kier alpha value is -3.36. The molecular weight excluding hydrogens is 385 g/mol. The van der Waals surface area contributed by atoms with E-state index in [4.69, 9.17) is 0 Å². The van der Waals surface area contributed by atoms with Crippen molar-refractivity contribution in [2.24, 2.45) is 0 Å². The van der Waals surface area contributed by atoms with Crippen LogP contribution in [0.4, 0.5) is 13.2 Å². The van der Waals surface area contributed by atoms with Gasteiger partial charge in [-0.15, -0.1) is 5.10 Å². The smallest absolute Gasteiger partial charge is 0.329 e. The lowest BCUT2D eigenvalue weighted by Crippen LogP contribution is -2.40. The van der Waals surface area contributed by atoms with Crippen LogP contribution in [-0.2, 0) is 19.3 Å². The fourth-order valence-electron chi connectivity index (χ4n) is 3.26. The van der Waals surface area contributed by atoms with Gasteiger partial charge in [0.1, 0.15) is 0 Å². The molecule has 2 aromatic carbocycles. The molecule has 0 unspecified atom stereocenters. The first kappa shape index (κ1) is 19.0. The van der Waals surface area contributed by atoms with Crippen molar-refractivity contribution in [3.8, 4) is 5.69 Å². The van der Waals surface area contributed by atoms with Gasteiger partial charge in [-0.2, -0.15) is 17.9 Å². The number of hydrogen-bond acceptors (Lipinski definition) is 3. The lowest BCUT2D eigenvalue weighted by atomic mass is 10.1. The molecule has 3 aromatic rings. The van der Waals surface area contributed by atoms with Crippen LogP contribution in [0.5, 0.6) is 0 Å². The van der Waals surface area contributed by atoms with Gasteiger partial charge in [-0.25, -0.2) is 4.79 Å². The predicted molar refractivity (Wildman–Crippen MR) is 98.7 cm³/mol. The number of benzene rings is 2. The summed E-state index contributed by atoms with van der Waals surface area (Å²) in [6, 6.07) is 11.4. The van der Waals surface area contributed by atoms with Crippen molar-refractivity contribution < 1.29 is 18.0 Å². The Morgan fingerprint density at radius 1 is 1.00 bits per heavy atom. The molecule has 0 radical (unpaired) electrons. The van der Waals surface area contributed by atoms with Gasteiger partial charge in [0.05, 0.1) is 17.8 Å². The number of hydrogen-bond donors (Lipinski definition) is 0. The first-order valence-electron chi connectivity index (χ1n) is 8.96.